The molecule has 1 aromatic rings. The van der Waals surface area contributed by atoms with Gasteiger partial charge in [-0.2, -0.15) is 0 Å². The van der Waals surface area contributed by atoms with Crippen LogP contribution in [0.5, 0.6) is 0 Å². The fourth-order valence-corrected chi connectivity index (χ4v) is 3.28. The number of aryl methyl sites for hydroxylation is 2. The zero-order valence-corrected chi connectivity index (χ0v) is 17.6. The lowest BCUT2D eigenvalue weighted by atomic mass is 10.2. The Balaban J connectivity index is 0.00000529. The number of halogens is 1. The quantitative estimate of drug-likeness (QED) is 0.180. The minimum atomic E-state index is -3.52. The summed E-state index contributed by atoms with van der Waals surface area (Å²) in [5.74, 6) is 0.637. The Hall–Kier alpha value is -1.13. The van der Waals surface area contributed by atoms with Crippen LogP contribution in [0.1, 0.15) is 18.1 Å². The average Bonchev–Trinajstić information content (AvgIpc) is 2.51. The molecule has 0 saturated heterocycles. The van der Waals surface area contributed by atoms with Crippen LogP contribution >= 0.6 is 24.0 Å². The molecule has 136 valence electrons. The van der Waals surface area contributed by atoms with Crippen LogP contribution in [0.25, 0.3) is 0 Å². The minimum absolute atomic E-state index is 0. The number of hydrogen-bond donors (Lipinski definition) is 3. The highest BCUT2D eigenvalue weighted by Crippen LogP contribution is 2.16. The number of nitrogens with zero attached hydrogens (tertiary/aromatic N) is 1. The van der Waals surface area contributed by atoms with E-state index in [0.717, 1.165) is 17.7 Å². The van der Waals surface area contributed by atoms with E-state index in [9.17, 15) is 8.42 Å². The first-order valence-corrected chi connectivity index (χ1v) is 9.09. The molecule has 0 aromatic heterocycles. The number of nitrogens with one attached hydrogen (secondary N) is 3. The maximum absolute atomic E-state index is 12.3. The van der Waals surface area contributed by atoms with Gasteiger partial charge in [0.05, 0.1) is 11.4 Å². The molecule has 1 aromatic carbocycles. The molecule has 3 N–H and O–H groups in total. The van der Waals surface area contributed by atoms with Crippen LogP contribution in [0.3, 0.4) is 0 Å². The Morgan fingerprint density at radius 2 is 2.00 bits per heavy atom. The van der Waals surface area contributed by atoms with E-state index in [0.29, 0.717) is 23.9 Å². The molecule has 0 aliphatic heterocycles. The minimum Gasteiger partial charge on any atom is -0.357 e. The van der Waals surface area contributed by atoms with Gasteiger partial charge in [0.25, 0.3) is 0 Å². The second-order valence-corrected chi connectivity index (χ2v) is 6.83. The Labute approximate surface area is 162 Å². The number of benzene rings is 1. The molecular formula is C16H27IN4O2S. The molecule has 8 heteroatoms. The number of guanidine groups is 1. The highest BCUT2D eigenvalue weighted by molar-refractivity contribution is 14.0. The third-order valence-corrected chi connectivity index (χ3v) is 4.67. The second-order valence-electron chi connectivity index (χ2n) is 5.10. The first-order chi connectivity index (χ1) is 10.9. The molecule has 6 nitrogen and oxygen atoms in total. The van der Waals surface area contributed by atoms with Crippen LogP contribution in [0.2, 0.25) is 0 Å². The normalized spacial score (nSPS) is 11.5. The molecule has 0 bridgehead atoms. The van der Waals surface area contributed by atoms with Gasteiger partial charge in [-0.25, -0.2) is 13.1 Å². The van der Waals surface area contributed by atoms with E-state index < -0.39 is 10.0 Å². The lowest BCUT2D eigenvalue weighted by Crippen LogP contribution is -2.38. The van der Waals surface area contributed by atoms with E-state index in [1.165, 1.54) is 0 Å². The smallest absolute Gasteiger partial charge is 0.240 e. The van der Waals surface area contributed by atoms with Gasteiger partial charge in [-0.1, -0.05) is 18.2 Å². The molecule has 0 heterocycles. The molecule has 0 radical (unpaired) electrons. The van der Waals surface area contributed by atoms with Gasteiger partial charge in [0, 0.05) is 19.6 Å². The van der Waals surface area contributed by atoms with Gasteiger partial charge in [-0.05, 0) is 38.0 Å². The van der Waals surface area contributed by atoms with E-state index in [4.69, 9.17) is 0 Å². The Morgan fingerprint density at radius 1 is 1.29 bits per heavy atom. The molecule has 0 atom stereocenters. The maximum atomic E-state index is 12.3. The molecule has 0 amide bonds. The largest absolute Gasteiger partial charge is 0.357 e. The molecule has 0 fully saturated rings. The van der Waals surface area contributed by atoms with Gasteiger partial charge in [0.2, 0.25) is 10.0 Å². The highest BCUT2D eigenvalue weighted by Gasteiger charge is 2.16. The number of aliphatic imine (C=N–C) groups is 1. The summed E-state index contributed by atoms with van der Waals surface area (Å²) in [6, 6.07) is 5.38. The lowest BCUT2D eigenvalue weighted by molar-refractivity contribution is 0.581. The van der Waals surface area contributed by atoms with Crippen molar-refractivity contribution >= 4 is 40.0 Å². The van der Waals surface area contributed by atoms with Crippen molar-refractivity contribution in [3.8, 4) is 0 Å². The van der Waals surface area contributed by atoms with E-state index >= 15 is 0 Å². The SMILES string of the molecule is C=CCNC(=NCCNS(=O)(=O)c1cc(C)ccc1C)NCC.I. The summed E-state index contributed by atoms with van der Waals surface area (Å²) in [7, 11) is -3.52. The van der Waals surface area contributed by atoms with Crippen molar-refractivity contribution in [2.45, 2.75) is 25.7 Å². The van der Waals surface area contributed by atoms with Crippen molar-refractivity contribution in [2.75, 3.05) is 26.2 Å². The van der Waals surface area contributed by atoms with Gasteiger partial charge in [-0.3, -0.25) is 4.99 Å². The summed E-state index contributed by atoms with van der Waals surface area (Å²) in [6.07, 6.45) is 1.73. The monoisotopic (exact) mass is 466 g/mol. The van der Waals surface area contributed by atoms with Crippen molar-refractivity contribution in [3.05, 3.63) is 42.0 Å². The van der Waals surface area contributed by atoms with Crippen molar-refractivity contribution in [2.24, 2.45) is 4.99 Å². The first kappa shape index (κ1) is 22.9. The molecule has 0 saturated carbocycles. The summed E-state index contributed by atoms with van der Waals surface area (Å²) in [5.41, 5.74) is 1.64. The zero-order chi connectivity index (χ0) is 17.3. The summed E-state index contributed by atoms with van der Waals surface area (Å²) >= 11 is 0. The number of rotatable bonds is 8. The van der Waals surface area contributed by atoms with E-state index in [1.807, 2.05) is 26.0 Å². The summed E-state index contributed by atoms with van der Waals surface area (Å²) < 4.78 is 27.3. The molecular weight excluding hydrogens is 439 g/mol. The van der Waals surface area contributed by atoms with Crippen LogP contribution in [0.15, 0.2) is 40.7 Å². The van der Waals surface area contributed by atoms with Gasteiger partial charge in [0.1, 0.15) is 0 Å². The number of hydrogen-bond acceptors (Lipinski definition) is 3. The molecule has 0 aliphatic rings. The third kappa shape index (κ3) is 7.63. The third-order valence-electron chi connectivity index (χ3n) is 3.07. The number of sulfonamides is 1. The summed E-state index contributed by atoms with van der Waals surface area (Å²) in [4.78, 5) is 4.63. The molecule has 1 rings (SSSR count). The summed E-state index contributed by atoms with van der Waals surface area (Å²) in [6.45, 7) is 11.2. The standard InChI is InChI=1S/C16H26N4O2S.HI/c1-5-9-18-16(17-6-2)19-10-11-20-23(21,22)15-12-13(3)7-8-14(15)4;/h5,7-8,12,20H,1,6,9-11H2,2-4H3,(H2,17,18,19);1H. The Morgan fingerprint density at radius 3 is 2.62 bits per heavy atom. The molecule has 24 heavy (non-hydrogen) atoms. The van der Waals surface area contributed by atoms with Crippen molar-refractivity contribution < 1.29 is 8.42 Å². The van der Waals surface area contributed by atoms with Gasteiger partial charge in [0.15, 0.2) is 5.96 Å². The topological polar surface area (TPSA) is 82.6 Å². The van der Waals surface area contributed by atoms with Crippen LogP contribution in [-0.4, -0.2) is 40.6 Å². The molecule has 0 aliphatic carbocycles. The fraction of sp³-hybridized carbons (Fsp3) is 0.438. The van der Waals surface area contributed by atoms with Crippen LogP contribution in [-0.2, 0) is 10.0 Å². The van der Waals surface area contributed by atoms with Gasteiger partial charge >= 0.3 is 0 Å². The zero-order valence-electron chi connectivity index (χ0n) is 14.4. The van der Waals surface area contributed by atoms with Crippen LogP contribution in [0, 0.1) is 13.8 Å². The molecule has 0 unspecified atom stereocenters. The predicted molar refractivity (Wildman–Crippen MR) is 111 cm³/mol. The van der Waals surface area contributed by atoms with Crippen molar-refractivity contribution in [3.63, 3.8) is 0 Å². The van der Waals surface area contributed by atoms with Crippen molar-refractivity contribution in [1.82, 2.24) is 15.4 Å². The van der Waals surface area contributed by atoms with Gasteiger partial charge in [-0.15, -0.1) is 30.6 Å². The van der Waals surface area contributed by atoms with E-state index in [-0.39, 0.29) is 30.5 Å². The Bertz CT molecular complexity index is 660. The summed E-state index contributed by atoms with van der Waals surface area (Å²) in [5, 5.41) is 6.14. The average molecular weight is 466 g/mol. The van der Waals surface area contributed by atoms with Crippen molar-refractivity contribution in [1.29, 1.82) is 0 Å². The first-order valence-electron chi connectivity index (χ1n) is 7.60. The van der Waals surface area contributed by atoms with Crippen LogP contribution < -0.4 is 15.4 Å². The maximum Gasteiger partial charge on any atom is 0.240 e. The fourth-order valence-electron chi connectivity index (χ4n) is 1.93. The lowest BCUT2D eigenvalue weighted by Gasteiger charge is -2.11. The highest BCUT2D eigenvalue weighted by atomic mass is 127. The van der Waals surface area contributed by atoms with Crippen LogP contribution in [0.4, 0.5) is 0 Å². The van der Waals surface area contributed by atoms with E-state index in [1.54, 1.807) is 19.1 Å². The Kier molecular flexibility index (Phi) is 10.9. The van der Waals surface area contributed by atoms with E-state index in [2.05, 4.69) is 26.9 Å². The predicted octanol–water partition coefficient (Wildman–Crippen LogP) is 1.94. The van der Waals surface area contributed by atoms with Gasteiger partial charge < -0.3 is 10.6 Å². The molecule has 0 spiro atoms. The second kappa shape index (κ2) is 11.4.